The third-order valence-electron chi connectivity index (χ3n) is 3.78. The molecule has 0 aliphatic heterocycles. The largest absolute Gasteiger partial charge is 0.459 e. The zero-order chi connectivity index (χ0) is 16.2. The first-order valence-electron chi connectivity index (χ1n) is 7.47. The molecule has 0 atom stereocenters. The lowest BCUT2D eigenvalue weighted by Gasteiger charge is -2.04. The van der Waals surface area contributed by atoms with Gasteiger partial charge in [0, 0.05) is 29.3 Å². The monoisotopic (exact) mass is 312 g/mol. The van der Waals surface area contributed by atoms with Gasteiger partial charge in [0.25, 0.3) is 0 Å². The summed E-state index contributed by atoms with van der Waals surface area (Å²) in [5, 5.41) is 3.57. The summed E-state index contributed by atoms with van der Waals surface area (Å²) in [6.45, 7) is 2.16. The van der Waals surface area contributed by atoms with Gasteiger partial charge in [0.1, 0.15) is 17.2 Å². The Balaban J connectivity index is 1.60. The van der Waals surface area contributed by atoms with Crippen LogP contribution in [-0.2, 0) is 17.8 Å². The molecule has 0 saturated heterocycles. The Morgan fingerprint density at radius 2 is 2.17 bits per heavy atom. The molecule has 0 aliphatic rings. The molecule has 118 valence electrons. The number of fused-ring (bicyclic) bond motifs is 1. The highest BCUT2D eigenvalue weighted by molar-refractivity contribution is 5.82. The number of carbonyl (C=O) groups is 1. The minimum Gasteiger partial charge on any atom is -0.459 e. The SMILES string of the molecule is Cc1c(CNC(=O)CCc2ccccn2)oc2ccc(F)cc12. The number of amides is 1. The van der Waals surface area contributed by atoms with E-state index in [2.05, 4.69) is 10.3 Å². The molecule has 23 heavy (non-hydrogen) atoms. The van der Waals surface area contributed by atoms with Crippen molar-refractivity contribution < 1.29 is 13.6 Å². The van der Waals surface area contributed by atoms with Crippen molar-refractivity contribution in [1.29, 1.82) is 0 Å². The number of aryl methyl sites for hydroxylation is 2. The number of furan rings is 1. The summed E-state index contributed by atoms with van der Waals surface area (Å²) in [5.74, 6) is 0.283. The van der Waals surface area contributed by atoms with E-state index in [0.717, 1.165) is 16.6 Å². The van der Waals surface area contributed by atoms with Crippen molar-refractivity contribution in [3.8, 4) is 0 Å². The number of rotatable bonds is 5. The summed E-state index contributed by atoms with van der Waals surface area (Å²) >= 11 is 0. The maximum absolute atomic E-state index is 13.3. The van der Waals surface area contributed by atoms with Gasteiger partial charge in [-0.05, 0) is 43.7 Å². The molecule has 3 rings (SSSR count). The van der Waals surface area contributed by atoms with E-state index < -0.39 is 0 Å². The van der Waals surface area contributed by atoms with Gasteiger partial charge in [0.15, 0.2) is 0 Å². The maximum Gasteiger partial charge on any atom is 0.220 e. The lowest BCUT2D eigenvalue weighted by Crippen LogP contribution is -2.23. The molecule has 2 heterocycles. The predicted molar refractivity (Wildman–Crippen MR) is 85.3 cm³/mol. The second-order valence-corrected chi connectivity index (χ2v) is 5.39. The van der Waals surface area contributed by atoms with E-state index in [1.807, 2.05) is 25.1 Å². The second kappa shape index (κ2) is 6.60. The van der Waals surface area contributed by atoms with Crippen LogP contribution in [0.5, 0.6) is 0 Å². The molecule has 2 aromatic heterocycles. The topological polar surface area (TPSA) is 55.1 Å². The fraction of sp³-hybridized carbons (Fsp3) is 0.222. The van der Waals surface area contributed by atoms with Gasteiger partial charge in [0.05, 0.1) is 6.54 Å². The molecule has 0 unspecified atom stereocenters. The number of benzene rings is 1. The van der Waals surface area contributed by atoms with Gasteiger partial charge < -0.3 is 9.73 Å². The summed E-state index contributed by atoms with van der Waals surface area (Å²) in [6.07, 6.45) is 2.67. The molecule has 0 saturated carbocycles. The van der Waals surface area contributed by atoms with E-state index in [1.165, 1.54) is 12.1 Å². The van der Waals surface area contributed by atoms with Crippen molar-refractivity contribution in [1.82, 2.24) is 10.3 Å². The standard InChI is InChI=1S/C18H17FN2O2/c1-12-15-10-13(19)5-7-16(15)23-17(12)11-21-18(22)8-6-14-4-2-3-9-20-14/h2-5,7,9-10H,6,8,11H2,1H3,(H,21,22). The van der Waals surface area contributed by atoms with Crippen molar-refractivity contribution in [2.45, 2.75) is 26.3 Å². The molecule has 1 aromatic carbocycles. The highest BCUT2D eigenvalue weighted by atomic mass is 19.1. The molecule has 0 fully saturated rings. The lowest BCUT2D eigenvalue weighted by molar-refractivity contribution is -0.121. The van der Waals surface area contributed by atoms with E-state index in [1.54, 1.807) is 12.3 Å². The van der Waals surface area contributed by atoms with Crippen molar-refractivity contribution in [2.24, 2.45) is 0 Å². The second-order valence-electron chi connectivity index (χ2n) is 5.39. The predicted octanol–water partition coefficient (Wildman–Crippen LogP) is 3.52. The lowest BCUT2D eigenvalue weighted by atomic mass is 10.1. The molecule has 4 nitrogen and oxygen atoms in total. The van der Waals surface area contributed by atoms with E-state index in [0.29, 0.717) is 30.7 Å². The zero-order valence-corrected chi connectivity index (χ0v) is 12.8. The van der Waals surface area contributed by atoms with E-state index in [9.17, 15) is 9.18 Å². The zero-order valence-electron chi connectivity index (χ0n) is 12.8. The van der Waals surface area contributed by atoms with Crippen LogP contribution in [0.15, 0.2) is 47.0 Å². The molecular weight excluding hydrogens is 295 g/mol. The Hall–Kier alpha value is -2.69. The summed E-state index contributed by atoms with van der Waals surface area (Å²) in [7, 11) is 0. The van der Waals surface area contributed by atoms with Crippen LogP contribution in [0.1, 0.15) is 23.4 Å². The summed E-state index contributed by atoms with van der Waals surface area (Å²) < 4.78 is 19.0. The highest BCUT2D eigenvalue weighted by Gasteiger charge is 2.12. The summed E-state index contributed by atoms with van der Waals surface area (Å²) in [6, 6.07) is 10.0. The number of pyridine rings is 1. The van der Waals surface area contributed by atoms with Crippen LogP contribution >= 0.6 is 0 Å². The Labute approximate surface area is 133 Å². The first-order valence-corrected chi connectivity index (χ1v) is 7.47. The first kappa shape index (κ1) is 15.2. The molecule has 3 aromatic rings. The minimum absolute atomic E-state index is 0.0679. The molecule has 0 bridgehead atoms. The molecule has 1 amide bonds. The molecule has 0 spiro atoms. The number of hydrogen-bond donors (Lipinski definition) is 1. The highest BCUT2D eigenvalue weighted by Crippen LogP contribution is 2.25. The normalized spacial score (nSPS) is 10.9. The van der Waals surface area contributed by atoms with Crippen molar-refractivity contribution >= 4 is 16.9 Å². The maximum atomic E-state index is 13.3. The quantitative estimate of drug-likeness (QED) is 0.784. The van der Waals surface area contributed by atoms with Gasteiger partial charge >= 0.3 is 0 Å². The fourth-order valence-corrected chi connectivity index (χ4v) is 2.47. The van der Waals surface area contributed by atoms with E-state index in [-0.39, 0.29) is 11.7 Å². The van der Waals surface area contributed by atoms with Gasteiger partial charge in [-0.15, -0.1) is 0 Å². The fourth-order valence-electron chi connectivity index (χ4n) is 2.47. The van der Waals surface area contributed by atoms with Crippen LogP contribution in [0.25, 0.3) is 11.0 Å². The summed E-state index contributed by atoms with van der Waals surface area (Å²) in [5.41, 5.74) is 2.37. The number of hydrogen-bond acceptors (Lipinski definition) is 3. The number of nitrogens with one attached hydrogen (secondary N) is 1. The first-order chi connectivity index (χ1) is 11.1. The number of halogens is 1. The van der Waals surface area contributed by atoms with Crippen LogP contribution < -0.4 is 5.32 Å². The average molecular weight is 312 g/mol. The Morgan fingerprint density at radius 3 is 2.96 bits per heavy atom. The summed E-state index contributed by atoms with van der Waals surface area (Å²) in [4.78, 5) is 16.1. The number of aromatic nitrogens is 1. The Bertz CT molecular complexity index is 828. The smallest absolute Gasteiger partial charge is 0.220 e. The molecule has 5 heteroatoms. The van der Waals surface area contributed by atoms with Crippen LogP contribution in [0.2, 0.25) is 0 Å². The van der Waals surface area contributed by atoms with Gasteiger partial charge in [-0.3, -0.25) is 9.78 Å². The van der Waals surface area contributed by atoms with Gasteiger partial charge in [0.2, 0.25) is 5.91 Å². The van der Waals surface area contributed by atoms with Crippen LogP contribution in [-0.4, -0.2) is 10.9 Å². The van der Waals surface area contributed by atoms with Gasteiger partial charge in [-0.1, -0.05) is 6.07 Å². The Morgan fingerprint density at radius 1 is 1.30 bits per heavy atom. The third-order valence-corrected chi connectivity index (χ3v) is 3.78. The third kappa shape index (κ3) is 3.56. The Kier molecular flexibility index (Phi) is 4.37. The number of nitrogens with zero attached hydrogens (tertiary/aromatic N) is 1. The molecule has 0 radical (unpaired) electrons. The van der Waals surface area contributed by atoms with E-state index in [4.69, 9.17) is 4.42 Å². The van der Waals surface area contributed by atoms with Crippen LogP contribution in [0.4, 0.5) is 4.39 Å². The molecule has 0 aliphatic carbocycles. The average Bonchev–Trinajstić information content (AvgIpc) is 2.88. The number of carbonyl (C=O) groups excluding carboxylic acids is 1. The molecular formula is C18H17FN2O2. The van der Waals surface area contributed by atoms with Crippen molar-refractivity contribution in [2.75, 3.05) is 0 Å². The van der Waals surface area contributed by atoms with Crippen molar-refractivity contribution in [3.05, 3.63) is 65.4 Å². The van der Waals surface area contributed by atoms with Gasteiger partial charge in [-0.25, -0.2) is 4.39 Å². The van der Waals surface area contributed by atoms with Crippen LogP contribution in [0, 0.1) is 12.7 Å². The van der Waals surface area contributed by atoms with Crippen LogP contribution in [0.3, 0.4) is 0 Å². The minimum atomic E-state index is -0.299. The molecule has 1 N–H and O–H groups in total. The van der Waals surface area contributed by atoms with Gasteiger partial charge in [-0.2, -0.15) is 0 Å². The van der Waals surface area contributed by atoms with E-state index >= 15 is 0 Å². The van der Waals surface area contributed by atoms with Crippen molar-refractivity contribution in [3.63, 3.8) is 0 Å².